The van der Waals surface area contributed by atoms with E-state index in [1.54, 1.807) is 17.4 Å². The third-order valence-electron chi connectivity index (χ3n) is 7.83. The van der Waals surface area contributed by atoms with Gasteiger partial charge in [-0.25, -0.2) is 9.78 Å². The Morgan fingerprint density at radius 2 is 1.98 bits per heavy atom. The van der Waals surface area contributed by atoms with Crippen molar-refractivity contribution in [2.24, 2.45) is 7.05 Å². The molecule has 2 fully saturated rings. The number of pyridine rings is 1. The number of carbonyl (C=O) groups excluding carboxylic acids is 2. The van der Waals surface area contributed by atoms with E-state index < -0.39 is 6.04 Å². The number of aromatic nitrogens is 3. The summed E-state index contributed by atoms with van der Waals surface area (Å²) in [7, 11) is 3.40. The van der Waals surface area contributed by atoms with Gasteiger partial charge in [0.2, 0.25) is 5.91 Å². The van der Waals surface area contributed by atoms with Crippen LogP contribution < -0.4 is 5.32 Å². The molecule has 1 aliphatic heterocycles. The lowest BCUT2D eigenvalue weighted by atomic mass is 9.89. The zero-order chi connectivity index (χ0) is 28.5. The molecule has 1 saturated heterocycles. The monoisotopic (exact) mass is 576 g/mol. The average molecular weight is 577 g/mol. The lowest BCUT2D eigenvalue weighted by Crippen LogP contribution is -2.50. The molecule has 10 nitrogen and oxygen atoms in total. The molecule has 11 heteroatoms. The first-order chi connectivity index (χ1) is 19.9. The minimum atomic E-state index is -0.525. The number of nitrogens with one attached hydrogen (secondary N) is 1. The standard InChI is InChI=1S/C30H33ClN6O4/c1-35-18-32-16-25(35)28(34-26(38)17-40-2)24-14-19-4-3-9-33-27(19)29(22-8-5-20(31)15-23(22)24)36-10-12-37(13-11-36)30(39)41-21-6-7-21/h3-5,8-9,14-16,18,21,28-29H,6-7,10-13,17H2,1-2H3,(H,34,38)/t28-,29+/m1/s1. The predicted octanol–water partition coefficient (Wildman–Crippen LogP) is 3.83. The highest BCUT2D eigenvalue weighted by atomic mass is 35.5. The van der Waals surface area contributed by atoms with Crippen molar-refractivity contribution in [2.45, 2.75) is 31.0 Å². The Hall–Kier alpha value is -3.73. The van der Waals surface area contributed by atoms with E-state index in [-0.39, 0.29) is 30.8 Å². The van der Waals surface area contributed by atoms with Crippen LogP contribution in [0.25, 0.3) is 11.6 Å². The Morgan fingerprint density at radius 3 is 2.68 bits per heavy atom. The van der Waals surface area contributed by atoms with Crippen LogP contribution in [0.3, 0.4) is 0 Å². The number of amides is 2. The zero-order valence-electron chi connectivity index (χ0n) is 23.1. The molecular weight excluding hydrogens is 544 g/mol. The SMILES string of the molecule is COCC(=O)N[C@H](C1=Cc2cccnc2[C@@H](N2CCN(C(=O)OC3CC3)CC2)c2ccc(Cl)cc21)c1cncn1C. The lowest BCUT2D eigenvalue weighted by molar-refractivity contribution is -0.125. The highest BCUT2D eigenvalue weighted by Gasteiger charge is 2.37. The first kappa shape index (κ1) is 27.4. The quantitative estimate of drug-likeness (QED) is 0.456. The van der Waals surface area contributed by atoms with Crippen molar-refractivity contribution in [3.8, 4) is 0 Å². The molecule has 2 atom stereocenters. The van der Waals surface area contributed by atoms with Crippen LogP contribution >= 0.6 is 11.6 Å². The number of hydrogen-bond acceptors (Lipinski definition) is 7. The fourth-order valence-corrected chi connectivity index (χ4v) is 5.83. The van der Waals surface area contributed by atoms with E-state index in [1.165, 1.54) is 7.11 Å². The van der Waals surface area contributed by atoms with E-state index in [0.717, 1.165) is 46.5 Å². The second-order valence-corrected chi connectivity index (χ2v) is 11.1. The van der Waals surface area contributed by atoms with Gasteiger partial charge in [-0.2, -0.15) is 0 Å². The maximum atomic E-state index is 12.9. The molecule has 1 N–H and O–H groups in total. The molecule has 0 spiro atoms. The second kappa shape index (κ2) is 11.6. The van der Waals surface area contributed by atoms with Crippen molar-refractivity contribution >= 4 is 35.3 Å². The molecule has 214 valence electrons. The van der Waals surface area contributed by atoms with E-state index in [2.05, 4.69) is 21.3 Å². The summed E-state index contributed by atoms with van der Waals surface area (Å²) in [6, 6.07) is 9.15. The van der Waals surface area contributed by atoms with Gasteiger partial charge in [0, 0.05) is 51.6 Å². The molecule has 1 saturated carbocycles. The number of methoxy groups -OCH3 is 1. The van der Waals surface area contributed by atoms with Crippen molar-refractivity contribution in [3.05, 3.63) is 82.2 Å². The van der Waals surface area contributed by atoms with Crippen LogP contribution in [-0.2, 0) is 21.3 Å². The summed E-state index contributed by atoms with van der Waals surface area (Å²) in [5.74, 6) is -0.246. The second-order valence-electron chi connectivity index (χ2n) is 10.7. The summed E-state index contributed by atoms with van der Waals surface area (Å²) in [5.41, 5.74) is 5.49. The minimum Gasteiger partial charge on any atom is -0.446 e. The van der Waals surface area contributed by atoms with E-state index in [1.807, 2.05) is 48.1 Å². The zero-order valence-corrected chi connectivity index (χ0v) is 23.9. The molecule has 3 heterocycles. The minimum absolute atomic E-state index is 0.0712. The average Bonchev–Trinajstić information content (AvgIpc) is 3.71. The van der Waals surface area contributed by atoms with E-state index in [0.29, 0.717) is 31.2 Å². The number of carbonyl (C=O) groups is 2. The van der Waals surface area contributed by atoms with Crippen LogP contribution in [0.5, 0.6) is 0 Å². The molecule has 1 aromatic carbocycles. The molecule has 3 aliphatic rings. The van der Waals surface area contributed by atoms with E-state index in [9.17, 15) is 9.59 Å². The van der Waals surface area contributed by atoms with Gasteiger partial charge in [-0.3, -0.25) is 14.7 Å². The summed E-state index contributed by atoms with van der Waals surface area (Å²) in [5, 5.41) is 3.74. The van der Waals surface area contributed by atoms with Gasteiger partial charge < -0.3 is 24.3 Å². The molecule has 2 aromatic heterocycles. The van der Waals surface area contributed by atoms with Crippen molar-refractivity contribution in [1.82, 2.24) is 29.7 Å². The van der Waals surface area contributed by atoms with Gasteiger partial charge >= 0.3 is 6.09 Å². The first-order valence-corrected chi connectivity index (χ1v) is 14.2. The maximum Gasteiger partial charge on any atom is 0.410 e. The van der Waals surface area contributed by atoms with Gasteiger partial charge in [-0.15, -0.1) is 0 Å². The predicted molar refractivity (Wildman–Crippen MR) is 154 cm³/mol. The van der Waals surface area contributed by atoms with E-state index in [4.69, 9.17) is 26.1 Å². The highest BCUT2D eigenvalue weighted by Crippen LogP contribution is 2.44. The van der Waals surface area contributed by atoms with Crippen LogP contribution in [0.2, 0.25) is 5.02 Å². The fourth-order valence-electron chi connectivity index (χ4n) is 5.65. The van der Waals surface area contributed by atoms with Crippen LogP contribution in [-0.4, -0.2) is 82.3 Å². The van der Waals surface area contributed by atoms with Gasteiger partial charge in [0.25, 0.3) is 0 Å². The number of fused-ring (bicyclic) bond motifs is 2. The van der Waals surface area contributed by atoms with Gasteiger partial charge in [-0.1, -0.05) is 23.7 Å². The van der Waals surface area contributed by atoms with Gasteiger partial charge in [0.1, 0.15) is 12.7 Å². The Bertz CT molecular complexity index is 1480. The molecule has 0 radical (unpaired) electrons. The van der Waals surface area contributed by atoms with Crippen LogP contribution in [0.1, 0.15) is 53.0 Å². The molecule has 41 heavy (non-hydrogen) atoms. The van der Waals surface area contributed by atoms with Gasteiger partial charge in [0.15, 0.2) is 0 Å². The maximum absolute atomic E-state index is 12.9. The first-order valence-electron chi connectivity index (χ1n) is 13.8. The number of halogens is 1. The summed E-state index contributed by atoms with van der Waals surface area (Å²) in [6.07, 6.45) is 9.13. The molecule has 3 aromatic rings. The van der Waals surface area contributed by atoms with Crippen molar-refractivity contribution in [3.63, 3.8) is 0 Å². The van der Waals surface area contributed by atoms with Gasteiger partial charge in [-0.05, 0) is 59.4 Å². The van der Waals surface area contributed by atoms with Gasteiger partial charge in [0.05, 0.1) is 36.0 Å². The van der Waals surface area contributed by atoms with Crippen LogP contribution in [0.4, 0.5) is 4.79 Å². The van der Waals surface area contributed by atoms with E-state index >= 15 is 0 Å². The number of hydrogen-bond donors (Lipinski definition) is 1. The Labute approximate surface area is 243 Å². The highest BCUT2D eigenvalue weighted by molar-refractivity contribution is 6.30. The number of rotatable bonds is 7. The number of aryl methyl sites for hydroxylation is 1. The van der Waals surface area contributed by atoms with Crippen LogP contribution in [0.15, 0.2) is 49.1 Å². The van der Waals surface area contributed by atoms with Crippen molar-refractivity contribution < 1.29 is 19.1 Å². The molecular formula is C30H33ClN6O4. The smallest absolute Gasteiger partial charge is 0.410 e. The normalized spacial score (nSPS) is 19.4. The summed E-state index contributed by atoms with van der Waals surface area (Å²) >= 11 is 6.62. The number of imidazole rings is 1. The Morgan fingerprint density at radius 1 is 1.17 bits per heavy atom. The molecule has 6 rings (SSSR count). The van der Waals surface area contributed by atoms with Crippen molar-refractivity contribution in [1.29, 1.82) is 0 Å². The van der Waals surface area contributed by atoms with Crippen LogP contribution in [0, 0.1) is 0 Å². The fraction of sp³-hybridized carbons (Fsp3) is 0.400. The largest absolute Gasteiger partial charge is 0.446 e. The number of nitrogens with zero attached hydrogens (tertiary/aromatic N) is 5. The Balaban J connectivity index is 1.41. The molecule has 0 unspecified atom stereocenters. The summed E-state index contributed by atoms with van der Waals surface area (Å²) in [4.78, 5) is 38.9. The topological polar surface area (TPSA) is 102 Å². The molecule has 0 bridgehead atoms. The third-order valence-corrected chi connectivity index (χ3v) is 8.07. The molecule has 2 amide bonds. The lowest BCUT2D eigenvalue weighted by Gasteiger charge is -2.39. The third kappa shape index (κ3) is 5.72. The van der Waals surface area contributed by atoms with Crippen molar-refractivity contribution in [2.75, 3.05) is 39.9 Å². The number of piperazine rings is 1. The summed E-state index contributed by atoms with van der Waals surface area (Å²) < 4.78 is 12.6. The molecule has 2 aliphatic carbocycles. The number of ether oxygens (including phenoxy) is 2. The Kier molecular flexibility index (Phi) is 7.79. The summed E-state index contributed by atoms with van der Waals surface area (Å²) in [6.45, 7) is 2.38. The number of benzene rings is 1.